The summed E-state index contributed by atoms with van der Waals surface area (Å²) >= 11 is 0. The largest absolute Gasteiger partial charge is 0.369 e. The molecule has 0 unspecified atom stereocenters. The van der Waals surface area contributed by atoms with Gasteiger partial charge in [-0.15, -0.1) is 0 Å². The minimum absolute atomic E-state index is 0.148. The van der Waals surface area contributed by atoms with Crippen molar-refractivity contribution in [3.05, 3.63) is 29.6 Å². The minimum Gasteiger partial charge on any atom is -0.369 e. The molecule has 1 aliphatic heterocycles. The molecule has 15 heavy (non-hydrogen) atoms. The molecule has 82 valence electrons. The molecule has 0 atom stereocenters. The molecule has 3 heteroatoms. The molecular formula is C12H17FN2. The second kappa shape index (κ2) is 4.19. The molecule has 0 amide bonds. The van der Waals surface area contributed by atoms with E-state index < -0.39 is 0 Å². The summed E-state index contributed by atoms with van der Waals surface area (Å²) < 4.78 is 13.0. The number of aryl methyl sites for hydroxylation is 1. The molecule has 2 rings (SSSR count). The first-order chi connectivity index (χ1) is 7.16. The highest BCUT2D eigenvalue weighted by Crippen LogP contribution is 2.21. The molecule has 0 aromatic heterocycles. The summed E-state index contributed by atoms with van der Waals surface area (Å²) in [5.41, 5.74) is 2.20. The standard InChI is InChI=1S/C12H17FN2/c1-10-9-11(13)3-4-12(10)15-7-5-14(2)6-8-15/h3-4,9H,5-8H2,1-2H3. The van der Waals surface area contributed by atoms with Crippen molar-refractivity contribution in [1.82, 2.24) is 4.90 Å². The Labute approximate surface area is 90.3 Å². The van der Waals surface area contributed by atoms with Crippen molar-refractivity contribution in [3.8, 4) is 0 Å². The van der Waals surface area contributed by atoms with Crippen molar-refractivity contribution in [2.75, 3.05) is 38.1 Å². The smallest absolute Gasteiger partial charge is 0.123 e. The second-order valence-electron chi connectivity index (χ2n) is 4.22. The first-order valence-corrected chi connectivity index (χ1v) is 5.36. The van der Waals surface area contributed by atoms with Crippen LogP contribution < -0.4 is 4.90 Å². The van der Waals surface area contributed by atoms with Crippen molar-refractivity contribution >= 4 is 5.69 Å². The van der Waals surface area contributed by atoms with E-state index >= 15 is 0 Å². The van der Waals surface area contributed by atoms with Crippen LogP contribution in [0.1, 0.15) is 5.56 Å². The Morgan fingerprint density at radius 2 is 1.80 bits per heavy atom. The van der Waals surface area contributed by atoms with Gasteiger partial charge >= 0.3 is 0 Å². The Hall–Kier alpha value is -1.09. The van der Waals surface area contributed by atoms with E-state index in [0.29, 0.717) is 0 Å². The van der Waals surface area contributed by atoms with Crippen LogP contribution in [0.15, 0.2) is 18.2 Å². The highest BCUT2D eigenvalue weighted by atomic mass is 19.1. The van der Waals surface area contributed by atoms with Gasteiger partial charge in [0.2, 0.25) is 0 Å². The topological polar surface area (TPSA) is 6.48 Å². The number of nitrogens with zero attached hydrogens (tertiary/aromatic N) is 2. The average Bonchev–Trinajstić information content (AvgIpc) is 2.20. The molecule has 1 saturated heterocycles. The highest BCUT2D eigenvalue weighted by molar-refractivity contribution is 5.53. The number of anilines is 1. The van der Waals surface area contributed by atoms with E-state index in [1.165, 1.54) is 5.69 Å². The zero-order chi connectivity index (χ0) is 10.8. The van der Waals surface area contributed by atoms with Crippen LogP contribution in [0, 0.1) is 12.7 Å². The summed E-state index contributed by atoms with van der Waals surface area (Å²) in [4.78, 5) is 4.64. The fourth-order valence-corrected chi connectivity index (χ4v) is 2.02. The summed E-state index contributed by atoms with van der Waals surface area (Å²) in [7, 11) is 2.13. The molecule has 0 saturated carbocycles. The van der Waals surface area contributed by atoms with Gasteiger partial charge in [0, 0.05) is 31.9 Å². The monoisotopic (exact) mass is 208 g/mol. The van der Waals surface area contributed by atoms with Crippen LogP contribution in [0.2, 0.25) is 0 Å². The van der Waals surface area contributed by atoms with Crippen molar-refractivity contribution in [2.45, 2.75) is 6.92 Å². The summed E-state index contributed by atoms with van der Waals surface area (Å²) in [5.74, 6) is -0.148. The second-order valence-corrected chi connectivity index (χ2v) is 4.22. The third kappa shape index (κ3) is 2.29. The van der Waals surface area contributed by atoms with E-state index in [9.17, 15) is 4.39 Å². The lowest BCUT2D eigenvalue weighted by molar-refractivity contribution is 0.312. The molecule has 0 spiro atoms. The molecule has 1 aromatic rings. The maximum atomic E-state index is 13.0. The predicted molar refractivity (Wildman–Crippen MR) is 60.8 cm³/mol. The molecule has 0 bridgehead atoms. The van der Waals surface area contributed by atoms with Gasteiger partial charge < -0.3 is 9.80 Å². The van der Waals surface area contributed by atoms with Gasteiger partial charge in [-0.05, 0) is 37.7 Å². The normalized spacial score (nSPS) is 18.2. The molecule has 1 fully saturated rings. The van der Waals surface area contributed by atoms with Crippen molar-refractivity contribution < 1.29 is 4.39 Å². The average molecular weight is 208 g/mol. The fourth-order valence-electron chi connectivity index (χ4n) is 2.02. The van der Waals surface area contributed by atoms with Crippen LogP contribution in [-0.2, 0) is 0 Å². The summed E-state index contributed by atoms with van der Waals surface area (Å²) in [6.45, 7) is 6.19. The third-order valence-corrected chi connectivity index (χ3v) is 3.00. The van der Waals surface area contributed by atoms with Crippen LogP contribution in [0.3, 0.4) is 0 Å². The number of likely N-dealkylation sites (N-methyl/N-ethyl adjacent to an activating group) is 1. The first-order valence-electron chi connectivity index (χ1n) is 5.36. The third-order valence-electron chi connectivity index (χ3n) is 3.00. The predicted octanol–water partition coefficient (Wildman–Crippen LogP) is 1.89. The van der Waals surface area contributed by atoms with Crippen LogP contribution in [0.4, 0.5) is 10.1 Å². The van der Waals surface area contributed by atoms with Crippen LogP contribution >= 0.6 is 0 Å². The molecule has 0 radical (unpaired) electrons. The maximum Gasteiger partial charge on any atom is 0.123 e. The SMILES string of the molecule is Cc1cc(F)ccc1N1CCN(C)CC1. The summed E-state index contributed by atoms with van der Waals surface area (Å²) in [6, 6.07) is 5.03. The Balaban J connectivity index is 2.15. The fraction of sp³-hybridized carbons (Fsp3) is 0.500. The Morgan fingerprint density at radius 1 is 1.13 bits per heavy atom. The number of hydrogen-bond acceptors (Lipinski definition) is 2. The van der Waals surface area contributed by atoms with Gasteiger partial charge in [-0.2, -0.15) is 0 Å². The van der Waals surface area contributed by atoms with Gasteiger partial charge in [-0.1, -0.05) is 0 Å². The number of halogens is 1. The number of rotatable bonds is 1. The lowest BCUT2D eigenvalue weighted by Gasteiger charge is -2.34. The van der Waals surface area contributed by atoms with Crippen molar-refractivity contribution in [2.24, 2.45) is 0 Å². The number of piperazine rings is 1. The first kappa shape index (κ1) is 10.4. The molecule has 0 N–H and O–H groups in total. The lowest BCUT2D eigenvalue weighted by Crippen LogP contribution is -2.44. The highest BCUT2D eigenvalue weighted by Gasteiger charge is 2.15. The Bertz CT molecular complexity index is 343. The number of hydrogen-bond donors (Lipinski definition) is 0. The van der Waals surface area contributed by atoms with Gasteiger partial charge in [-0.3, -0.25) is 0 Å². The van der Waals surface area contributed by atoms with Gasteiger partial charge in [0.25, 0.3) is 0 Å². The van der Waals surface area contributed by atoms with E-state index in [1.54, 1.807) is 12.1 Å². The summed E-state index contributed by atoms with van der Waals surface area (Å²) in [5, 5.41) is 0. The van der Waals surface area contributed by atoms with Crippen LogP contribution in [0.25, 0.3) is 0 Å². The van der Waals surface area contributed by atoms with E-state index in [0.717, 1.165) is 31.7 Å². The minimum atomic E-state index is -0.148. The number of benzene rings is 1. The molecular weight excluding hydrogens is 191 g/mol. The van der Waals surface area contributed by atoms with Gasteiger partial charge in [0.1, 0.15) is 5.82 Å². The Kier molecular flexibility index (Phi) is 2.91. The van der Waals surface area contributed by atoms with Crippen molar-refractivity contribution in [1.29, 1.82) is 0 Å². The zero-order valence-electron chi connectivity index (χ0n) is 9.33. The molecule has 2 nitrogen and oxygen atoms in total. The van der Waals surface area contributed by atoms with Gasteiger partial charge in [0.15, 0.2) is 0 Å². The van der Waals surface area contributed by atoms with Crippen LogP contribution in [-0.4, -0.2) is 38.1 Å². The quantitative estimate of drug-likeness (QED) is 0.695. The molecule has 1 heterocycles. The Morgan fingerprint density at radius 3 is 2.40 bits per heavy atom. The lowest BCUT2D eigenvalue weighted by atomic mass is 10.1. The molecule has 1 aliphatic rings. The van der Waals surface area contributed by atoms with E-state index in [1.807, 2.05) is 13.0 Å². The van der Waals surface area contributed by atoms with Crippen LogP contribution in [0.5, 0.6) is 0 Å². The van der Waals surface area contributed by atoms with E-state index in [2.05, 4.69) is 16.8 Å². The molecule has 1 aromatic carbocycles. The van der Waals surface area contributed by atoms with Gasteiger partial charge in [0.05, 0.1) is 0 Å². The molecule has 0 aliphatic carbocycles. The van der Waals surface area contributed by atoms with E-state index in [4.69, 9.17) is 0 Å². The van der Waals surface area contributed by atoms with Gasteiger partial charge in [-0.25, -0.2) is 4.39 Å². The van der Waals surface area contributed by atoms with Crippen molar-refractivity contribution in [3.63, 3.8) is 0 Å². The zero-order valence-corrected chi connectivity index (χ0v) is 9.33. The summed E-state index contributed by atoms with van der Waals surface area (Å²) in [6.07, 6.45) is 0. The van der Waals surface area contributed by atoms with E-state index in [-0.39, 0.29) is 5.82 Å². The maximum absolute atomic E-state index is 13.0.